The van der Waals surface area contributed by atoms with Gasteiger partial charge >= 0.3 is 0 Å². The summed E-state index contributed by atoms with van der Waals surface area (Å²) in [6.07, 6.45) is 5.66. The van der Waals surface area contributed by atoms with Crippen LogP contribution in [0.15, 0.2) is 79.3 Å². The van der Waals surface area contributed by atoms with E-state index in [1.54, 1.807) is 24.5 Å². The lowest BCUT2D eigenvalue weighted by atomic mass is 9.96. The summed E-state index contributed by atoms with van der Waals surface area (Å²) in [6, 6.07) is 17.5. The van der Waals surface area contributed by atoms with E-state index in [0.717, 1.165) is 28.2 Å². The summed E-state index contributed by atoms with van der Waals surface area (Å²) in [5.41, 5.74) is 5.96. The fourth-order valence-electron chi connectivity index (χ4n) is 5.01. The average molecular weight is 529 g/mol. The number of carbonyl (C=O) groups is 1. The van der Waals surface area contributed by atoms with Crippen molar-refractivity contribution >= 4 is 28.9 Å². The highest BCUT2D eigenvalue weighted by molar-refractivity contribution is 7.80. The molecule has 2 atom stereocenters. The number of benzene rings is 1. The predicted molar refractivity (Wildman–Crippen MR) is 149 cm³/mol. The monoisotopic (exact) mass is 528 g/mol. The average Bonchev–Trinajstić information content (AvgIpc) is 3.40. The molecular formula is C29H29FN6OS. The fraction of sp³-hybridized carbons (Fsp3) is 0.241. The maximum atomic E-state index is 13.2. The first-order valence-electron chi connectivity index (χ1n) is 12.5. The van der Waals surface area contributed by atoms with Gasteiger partial charge in [0.2, 0.25) is 5.91 Å². The lowest BCUT2D eigenvalue weighted by molar-refractivity contribution is -0.116. The molecule has 1 aliphatic rings. The molecule has 0 spiro atoms. The Labute approximate surface area is 226 Å². The molecule has 4 heterocycles. The Morgan fingerprint density at radius 3 is 2.63 bits per heavy atom. The van der Waals surface area contributed by atoms with Crippen LogP contribution in [0.1, 0.15) is 46.7 Å². The summed E-state index contributed by atoms with van der Waals surface area (Å²) in [4.78, 5) is 23.7. The van der Waals surface area contributed by atoms with Gasteiger partial charge in [0.05, 0.1) is 17.8 Å². The van der Waals surface area contributed by atoms with Crippen molar-refractivity contribution in [3.63, 3.8) is 0 Å². The number of thiocarbonyl (C=S) groups is 1. The minimum Gasteiger partial charge on any atom is -0.352 e. The number of carbonyl (C=O) groups excluding carboxylic acids is 1. The number of pyridine rings is 2. The van der Waals surface area contributed by atoms with Crippen LogP contribution in [0.3, 0.4) is 0 Å². The third-order valence-corrected chi connectivity index (χ3v) is 7.25. The maximum Gasteiger partial charge on any atom is 0.226 e. The van der Waals surface area contributed by atoms with Crippen molar-refractivity contribution in [2.24, 2.45) is 0 Å². The van der Waals surface area contributed by atoms with Gasteiger partial charge in [-0.3, -0.25) is 14.8 Å². The SMILES string of the molecule is Cc1cc([C@H]2[C@@H](c3ccccn3)NC(=S)N2CCC(=O)Nc2ccc(F)cc2)c(C)n1Cc1cccnc1. The van der Waals surface area contributed by atoms with E-state index in [4.69, 9.17) is 12.2 Å². The summed E-state index contributed by atoms with van der Waals surface area (Å²) >= 11 is 5.78. The topological polar surface area (TPSA) is 75.1 Å². The molecule has 0 aliphatic carbocycles. The van der Waals surface area contributed by atoms with Gasteiger partial charge in [0.1, 0.15) is 5.82 Å². The number of rotatable bonds is 8. The molecule has 0 bridgehead atoms. The second-order valence-corrected chi connectivity index (χ2v) is 9.79. The molecule has 1 aromatic carbocycles. The van der Waals surface area contributed by atoms with E-state index in [-0.39, 0.29) is 30.2 Å². The molecule has 0 unspecified atom stereocenters. The summed E-state index contributed by atoms with van der Waals surface area (Å²) in [5.74, 6) is -0.512. The van der Waals surface area contributed by atoms with E-state index in [1.807, 2.05) is 30.5 Å². The normalized spacial score (nSPS) is 16.9. The summed E-state index contributed by atoms with van der Waals surface area (Å²) < 4.78 is 15.5. The van der Waals surface area contributed by atoms with Crippen molar-refractivity contribution in [2.45, 2.75) is 38.9 Å². The third-order valence-electron chi connectivity index (χ3n) is 6.90. The Morgan fingerprint density at radius 1 is 1.11 bits per heavy atom. The molecule has 1 saturated heterocycles. The third kappa shape index (κ3) is 5.43. The number of halogens is 1. The van der Waals surface area contributed by atoms with Crippen molar-refractivity contribution in [3.8, 4) is 0 Å². The fourth-order valence-corrected chi connectivity index (χ4v) is 5.34. The van der Waals surface area contributed by atoms with Gasteiger partial charge in [0.25, 0.3) is 0 Å². The van der Waals surface area contributed by atoms with E-state index < -0.39 is 0 Å². The van der Waals surface area contributed by atoms with E-state index in [2.05, 4.69) is 56.0 Å². The zero-order valence-electron chi connectivity index (χ0n) is 21.3. The zero-order valence-corrected chi connectivity index (χ0v) is 22.1. The number of nitrogens with zero attached hydrogens (tertiary/aromatic N) is 4. The number of hydrogen-bond acceptors (Lipinski definition) is 4. The number of nitrogens with one attached hydrogen (secondary N) is 2. The van der Waals surface area contributed by atoms with Crippen molar-refractivity contribution in [2.75, 3.05) is 11.9 Å². The van der Waals surface area contributed by atoms with Crippen LogP contribution in [0, 0.1) is 19.7 Å². The van der Waals surface area contributed by atoms with Crippen LogP contribution < -0.4 is 10.6 Å². The Kier molecular flexibility index (Phi) is 7.46. The minimum atomic E-state index is -0.346. The van der Waals surface area contributed by atoms with Crippen LogP contribution in [0.2, 0.25) is 0 Å². The number of hydrogen-bond donors (Lipinski definition) is 2. The van der Waals surface area contributed by atoms with Crippen LogP contribution >= 0.6 is 12.2 Å². The molecule has 38 heavy (non-hydrogen) atoms. The highest BCUT2D eigenvalue weighted by atomic mass is 32.1. The van der Waals surface area contributed by atoms with E-state index >= 15 is 0 Å². The lowest BCUT2D eigenvalue weighted by Crippen LogP contribution is -2.33. The van der Waals surface area contributed by atoms with Crippen molar-refractivity contribution in [1.82, 2.24) is 24.8 Å². The van der Waals surface area contributed by atoms with Crippen LogP contribution in [-0.4, -0.2) is 37.0 Å². The Balaban J connectivity index is 1.42. The van der Waals surface area contributed by atoms with E-state index in [9.17, 15) is 9.18 Å². The number of anilines is 1. The summed E-state index contributed by atoms with van der Waals surface area (Å²) in [6.45, 7) is 5.35. The maximum absolute atomic E-state index is 13.2. The van der Waals surface area contributed by atoms with Gasteiger partial charge in [-0.05, 0) is 85.7 Å². The van der Waals surface area contributed by atoms with Crippen molar-refractivity contribution < 1.29 is 9.18 Å². The molecule has 7 nitrogen and oxygen atoms in total. The van der Waals surface area contributed by atoms with Crippen LogP contribution in [0.4, 0.5) is 10.1 Å². The van der Waals surface area contributed by atoms with Gasteiger partial charge in [-0.1, -0.05) is 12.1 Å². The molecule has 0 radical (unpaired) electrons. The quantitative estimate of drug-likeness (QED) is 0.311. The Morgan fingerprint density at radius 2 is 1.92 bits per heavy atom. The highest BCUT2D eigenvalue weighted by Crippen LogP contribution is 2.41. The number of amides is 1. The molecule has 4 aromatic rings. The smallest absolute Gasteiger partial charge is 0.226 e. The molecule has 194 valence electrons. The van der Waals surface area contributed by atoms with Gasteiger partial charge < -0.3 is 20.1 Å². The Bertz CT molecular complexity index is 1420. The van der Waals surface area contributed by atoms with Crippen molar-refractivity contribution in [1.29, 1.82) is 0 Å². The van der Waals surface area contributed by atoms with Gasteiger partial charge in [-0.25, -0.2) is 4.39 Å². The van der Waals surface area contributed by atoms with Gasteiger partial charge in [0.15, 0.2) is 5.11 Å². The molecule has 2 N–H and O–H groups in total. The molecule has 9 heteroatoms. The van der Waals surface area contributed by atoms with Gasteiger partial charge in [0, 0.05) is 55.2 Å². The van der Waals surface area contributed by atoms with E-state index in [0.29, 0.717) is 23.9 Å². The standard InChI is InChI=1S/C29H29FN6OS/c1-19-16-24(20(2)36(19)18-21-6-5-13-31-17-21)28-27(25-7-3-4-14-32-25)34-29(38)35(28)15-12-26(37)33-23-10-8-22(30)9-11-23/h3-11,13-14,16-17,27-28H,12,15,18H2,1-2H3,(H,33,37)(H,34,38)/t27-,28+/m1/s1. The predicted octanol–water partition coefficient (Wildman–Crippen LogP) is 5.08. The first kappa shape index (κ1) is 25.5. The van der Waals surface area contributed by atoms with Crippen LogP contribution in [-0.2, 0) is 11.3 Å². The molecule has 1 aliphatic heterocycles. The molecular weight excluding hydrogens is 499 g/mol. The summed E-state index contributed by atoms with van der Waals surface area (Å²) in [7, 11) is 0. The molecule has 3 aromatic heterocycles. The second-order valence-electron chi connectivity index (χ2n) is 9.40. The van der Waals surface area contributed by atoms with Crippen LogP contribution in [0.5, 0.6) is 0 Å². The number of aryl methyl sites for hydroxylation is 1. The first-order valence-corrected chi connectivity index (χ1v) is 12.9. The molecule has 0 saturated carbocycles. The van der Waals surface area contributed by atoms with E-state index in [1.165, 1.54) is 12.1 Å². The highest BCUT2D eigenvalue weighted by Gasteiger charge is 2.41. The zero-order chi connectivity index (χ0) is 26.6. The van der Waals surface area contributed by atoms with Gasteiger partial charge in [-0.15, -0.1) is 0 Å². The van der Waals surface area contributed by atoms with Gasteiger partial charge in [-0.2, -0.15) is 0 Å². The lowest BCUT2D eigenvalue weighted by Gasteiger charge is -2.28. The summed E-state index contributed by atoms with van der Waals surface area (Å²) in [5, 5.41) is 6.88. The van der Waals surface area contributed by atoms with Crippen molar-refractivity contribution in [3.05, 3.63) is 113 Å². The second kappa shape index (κ2) is 11.1. The number of aromatic nitrogens is 3. The molecule has 5 rings (SSSR count). The Hall–Kier alpha value is -4.11. The van der Waals surface area contributed by atoms with Crippen LogP contribution in [0.25, 0.3) is 0 Å². The minimum absolute atomic E-state index is 0.148. The largest absolute Gasteiger partial charge is 0.352 e. The molecule has 1 amide bonds. The first-order chi connectivity index (χ1) is 18.4. The molecule has 1 fully saturated rings.